The number of halogens is 2. The smallest absolute Gasteiger partial charge is 0.418 e. The fourth-order valence-corrected chi connectivity index (χ4v) is 3.71. The third-order valence-electron chi connectivity index (χ3n) is 3.81. The van der Waals surface area contributed by atoms with Crippen LogP contribution >= 0.6 is 0 Å². The molecule has 1 atom stereocenters. The van der Waals surface area contributed by atoms with Gasteiger partial charge in [-0.1, -0.05) is 12.1 Å². The maximum atomic E-state index is 14.0. The molecule has 0 radical (unpaired) electrons. The third kappa shape index (κ3) is 6.19. The largest absolute Gasteiger partial charge is 0.449 e. The standard InChI is InChI=1S/C20H19F2N5O3S/c1-3-30-20(28)27-31(2,29)11-13-5-4-6-15(9-13)25-19-24-12-23-18(26-19)16-8-7-14(21)10-17(16)22/h4-12H,3H2,1-2H3,(H,27,28,29)(H,23,24,25,26). The van der Waals surface area contributed by atoms with Crippen LogP contribution in [0.5, 0.6) is 0 Å². The van der Waals surface area contributed by atoms with E-state index in [0.717, 1.165) is 12.1 Å². The molecule has 3 rings (SSSR count). The van der Waals surface area contributed by atoms with Crippen LogP contribution in [0.4, 0.5) is 25.2 Å². The number of amides is 1. The number of ether oxygens (including phenoxy) is 1. The van der Waals surface area contributed by atoms with Gasteiger partial charge in [0.1, 0.15) is 18.0 Å². The molecule has 0 aliphatic rings. The highest BCUT2D eigenvalue weighted by Crippen LogP contribution is 2.21. The number of carbonyl (C=O) groups is 1. The van der Waals surface area contributed by atoms with E-state index in [1.54, 1.807) is 31.2 Å². The summed E-state index contributed by atoms with van der Waals surface area (Å²) in [6, 6.07) is 9.89. The average molecular weight is 447 g/mol. The first-order valence-corrected chi connectivity index (χ1v) is 11.1. The fraction of sp³-hybridized carbons (Fsp3) is 0.150. The number of nitrogens with zero attached hydrogens (tertiary/aromatic N) is 3. The summed E-state index contributed by atoms with van der Waals surface area (Å²) >= 11 is 0. The van der Waals surface area contributed by atoms with Crippen LogP contribution in [0, 0.1) is 11.6 Å². The topological polar surface area (TPSA) is 106 Å². The maximum Gasteiger partial charge on any atom is 0.418 e. The van der Waals surface area contributed by atoms with Gasteiger partial charge in [-0.2, -0.15) is 4.98 Å². The Morgan fingerprint density at radius 2 is 2.00 bits per heavy atom. The Hall–Kier alpha value is -3.60. The highest BCUT2D eigenvalue weighted by Gasteiger charge is 2.11. The quantitative estimate of drug-likeness (QED) is 0.559. The fourth-order valence-electron chi connectivity index (χ4n) is 2.59. The summed E-state index contributed by atoms with van der Waals surface area (Å²) in [5, 5.41) is 4.35. The van der Waals surface area contributed by atoms with Gasteiger partial charge in [0, 0.05) is 23.4 Å². The molecule has 8 nitrogen and oxygen atoms in total. The number of aromatic nitrogens is 3. The molecular formula is C20H19F2N5O3S. The molecule has 0 aliphatic carbocycles. The Balaban J connectivity index is 1.82. The number of hydrogen-bond donors (Lipinski definition) is 2. The molecule has 0 saturated carbocycles. The van der Waals surface area contributed by atoms with Crippen LogP contribution in [0.2, 0.25) is 0 Å². The molecule has 1 unspecified atom stereocenters. The van der Waals surface area contributed by atoms with Crippen molar-refractivity contribution in [2.24, 2.45) is 0 Å². The Labute approximate surface area is 177 Å². The van der Waals surface area contributed by atoms with Crippen molar-refractivity contribution in [2.75, 3.05) is 18.2 Å². The zero-order valence-electron chi connectivity index (χ0n) is 16.6. The van der Waals surface area contributed by atoms with Gasteiger partial charge < -0.3 is 10.1 Å². The Kier molecular flexibility index (Phi) is 6.75. The van der Waals surface area contributed by atoms with Crippen LogP contribution in [-0.2, 0) is 14.4 Å². The van der Waals surface area contributed by atoms with Gasteiger partial charge >= 0.3 is 6.09 Å². The van der Waals surface area contributed by atoms with E-state index in [2.05, 4.69) is 25.0 Å². The molecular weight excluding hydrogens is 428 g/mol. The van der Waals surface area contributed by atoms with Crippen molar-refractivity contribution in [3.05, 3.63) is 66.0 Å². The van der Waals surface area contributed by atoms with E-state index in [0.29, 0.717) is 11.3 Å². The number of rotatable bonds is 6. The van der Waals surface area contributed by atoms with Gasteiger partial charge in [0.2, 0.25) is 5.95 Å². The van der Waals surface area contributed by atoms with Crippen molar-refractivity contribution in [1.82, 2.24) is 19.7 Å². The first-order valence-electron chi connectivity index (χ1n) is 9.06. The molecule has 3 aromatic rings. The molecule has 0 saturated heterocycles. The molecule has 162 valence electrons. The molecule has 0 fully saturated rings. The van der Waals surface area contributed by atoms with Gasteiger partial charge in [0.05, 0.1) is 21.9 Å². The van der Waals surface area contributed by atoms with Gasteiger partial charge in [0.25, 0.3) is 0 Å². The zero-order valence-corrected chi connectivity index (χ0v) is 17.5. The minimum Gasteiger partial charge on any atom is -0.449 e. The molecule has 1 aromatic heterocycles. The van der Waals surface area contributed by atoms with Crippen molar-refractivity contribution in [1.29, 1.82) is 0 Å². The van der Waals surface area contributed by atoms with Crippen LogP contribution < -0.4 is 10.0 Å². The maximum absolute atomic E-state index is 14.0. The van der Waals surface area contributed by atoms with Gasteiger partial charge in [-0.25, -0.2) is 32.5 Å². The molecule has 11 heteroatoms. The molecule has 2 N–H and O–H groups in total. The summed E-state index contributed by atoms with van der Waals surface area (Å²) in [6.45, 7) is 1.81. The van der Waals surface area contributed by atoms with E-state index in [-0.39, 0.29) is 23.9 Å². The summed E-state index contributed by atoms with van der Waals surface area (Å²) in [5.41, 5.74) is 1.15. The molecule has 0 aliphatic heterocycles. The van der Waals surface area contributed by atoms with E-state index in [4.69, 9.17) is 4.74 Å². The number of carbonyl (C=O) groups excluding carboxylic acids is 1. The monoisotopic (exact) mass is 447 g/mol. The first kappa shape index (κ1) is 22.1. The minimum atomic E-state index is -2.84. The van der Waals surface area contributed by atoms with Gasteiger partial charge in [-0.15, -0.1) is 0 Å². The summed E-state index contributed by atoms with van der Waals surface area (Å²) in [4.78, 5) is 23.6. The van der Waals surface area contributed by atoms with Crippen molar-refractivity contribution in [3.8, 4) is 11.4 Å². The number of nitrogens with one attached hydrogen (secondary N) is 2. The molecule has 1 heterocycles. The third-order valence-corrected chi connectivity index (χ3v) is 5.10. The minimum absolute atomic E-state index is 0.0321. The van der Waals surface area contributed by atoms with Gasteiger partial charge in [-0.3, -0.25) is 0 Å². The second kappa shape index (κ2) is 9.47. The van der Waals surface area contributed by atoms with Crippen LogP contribution in [0.25, 0.3) is 11.4 Å². The number of hydrogen-bond acceptors (Lipinski definition) is 7. The van der Waals surface area contributed by atoms with E-state index < -0.39 is 27.4 Å². The second-order valence-corrected chi connectivity index (χ2v) is 8.60. The van der Waals surface area contributed by atoms with Crippen molar-refractivity contribution < 1.29 is 22.5 Å². The highest BCUT2D eigenvalue weighted by molar-refractivity contribution is 7.99. The van der Waals surface area contributed by atoms with Gasteiger partial charge in [0.15, 0.2) is 5.82 Å². The molecule has 0 bridgehead atoms. The lowest BCUT2D eigenvalue weighted by molar-refractivity contribution is 0.159. The molecule has 0 spiro atoms. The second-order valence-electron chi connectivity index (χ2n) is 6.35. The Bertz CT molecular complexity index is 1230. The summed E-state index contributed by atoms with van der Waals surface area (Å²) in [6.07, 6.45) is 1.80. The van der Waals surface area contributed by atoms with Crippen LogP contribution in [0.15, 0.2) is 48.8 Å². The van der Waals surface area contributed by atoms with Crippen molar-refractivity contribution >= 4 is 32.8 Å². The van der Waals surface area contributed by atoms with E-state index in [1.165, 1.54) is 24.0 Å². The SMILES string of the molecule is CCOC(=O)NS(C)(=O)=Cc1cccc(Nc2ncnc(-c3ccc(F)cc3F)n2)c1. The molecule has 31 heavy (non-hydrogen) atoms. The predicted octanol–water partition coefficient (Wildman–Crippen LogP) is 3.29. The van der Waals surface area contributed by atoms with E-state index in [9.17, 15) is 17.8 Å². The lowest BCUT2D eigenvalue weighted by Crippen LogP contribution is -2.31. The molecule has 2 aromatic carbocycles. The van der Waals surface area contributed by atoms with Crippen LogP contribution in [0.3, 0.4) is 0 Å². The van der Waals surface area contributed by atoms with E-state index in [1.807, 2.05) is 0 Å². The molecule has 1 amide bonds. The average Bonchev–Trinajstić information content (AvgIpc) is 2.67. The summed E-state index contributed by atoms with van der Waals surface area (Å²) < 4.78 is 46.8. The van der Waals surface area contributed by atoms with E-state index >= 15 is 0 Å². The number of anilines is 2. The predicted molar refractivity (Wildman–Crippen MR) is 114 cm³/mol. The normalized spacial score (nSPS) is 12.5. The van der Waals surface area contributed by atoms with Crippen LogP contribution in [0.1, 0.15) is 12.5 Å². The van der Waals surface area contributed by atoms with Gasteiger partial charge in [-0.05, 0) is 36.8 Å². The Morgan fingerprint density at radius 3 is 2.74 bits per heavy atom. The lowest BCUT2D eigenvalue weighted by atomic mass is 10.2. The summed E-state index contributed by atoms with van der Waals surface area (Å²) in [5.74, 6) is -1.33. The summed E-state index contributed by atoms with van der Waals surface area (Å²) in [7, 11) is -2.84. The van der Waals surface area contributed by atoms with Crippen LogP contribution in [-0.4, -0.2) is 43.5 Å². The zero-order chi connectivity index (χ0) is 22.4. The Morgan fingerprint density at radius 1 is 1.19 bits per heavy atom. The van der Waals surface area contributed by atoms with Crippen molar-refractivity contribution in [2.45, 2.75) is 6.92 Å². The number of benzene rings is 2. The van der Waals surface area contributed by atoms with Crippen molar-refractivity contribution in [3.63, 3.8) is 0 Å². The highest BCUT2D eigenvalue weighted by atomic mass is 32.2. The lowest BCUT2D eigenvalue weighted by Gasteiger charge is -2.09. The first-order chi connectivity index (χ1) is 14.8.